The summed E-state index contributed by atoms with van der Waals surface area (Å²) in [5.41, 5.74) is 0.649. The molecule has 0 nitrogen and oxygen atoms in total. The number of hydrogen-bond acceptors (Lipinski definition) is 0. The van der Waals surface area contributed by atoms with Gasteiger partial charge in [0, 0.05) is 10.1 Å². The summed E-state index contributed by atoms with van der Waals surface area (Å²) < 4.78 is 0.791. The van der Waals surface area contributed by atoms with Crippen molar-refractivity contribution in [1.82, 2.24) is 0 Å². The Bertz CT molecular complexity index is 191. The van der Waals surface area contributed by atoms with Crippen molar-refractivity contribution in [3.8, 4) is 12.3 Å². The molecule has 0 amide bonds. The van der Waals surface area contributed by atoms with Gasteiger partial charge in [-0.3, -0.25) is 0 Å². The van der Waals surface area contributed by atoms with Gasteiger partial charge >= 0.3 is 0 Å². The quantitative estimate of drug-likeness (QED) is 0.456. The number of terminal acetylenes is 1. The molecule has 0 radical (unpaired) electrons. The third kappa shape index (κ3) is 5.13. The first-order valence-electron chi connectivity index (χ1n) is 2.35. The van der Waals surface area contributed by atoms with Crippen LogP contribution in [-0.4, -0.2) is 0 Å². The zero-order valence-corrected chi connectivity index (χ0v) is 6.61. The van der Waals surface area contributed by atoms with E-state index in [9.17, 15) is 0 Å². The molecule has 0 spiro atoms. The normalized spacial score (nSPS) is 8.89. The summed E-state index contributed by atoms with van der Waals surface area (Å²) in [7, 11) is 0. The summed E-state index contributed by atoms with van der Waals surface area (Å²) in [6.45, 7) is 7.14. The molecule has 9 heavy (non-hydrogen) atoms. The molecule has 0 unspecified atom stereocenters. The topological polar surface area (TPSA) is 0 Å². The summed E-state index contributed by atoms with van der Waals surface area (Å²) in [4.78, 5) is 0. The number of halogens is 1. The molecular formula is C8H7Br. The van der Waals surface area contributed by atoms with Gasteiger partial charge < -0.3 is 0 Å². The van der Waals surface area contributed by atoms with E-state index in [0.29, 0.717) is 5.57 Å². The highest BCUT2D eigenvalue weighted by Gasteiger charge is 1.77. The number of hydrogen-bond donors (Lipinski definition) is 0. The Morgan fingerprint density at radius 2 is 2.00 bits per heavy atom. The molecule has 0 heterocycles. The fraction of sp³-hybridized carbons (Fsp3) is 0. The Kier molecular flexibility index (Phi) is 3.83. The van der Waals surface area contributed by atoms with E-state index in [2.05, 4.69) is 35.0 Å². The molecule has 1 heteroatoms. The van der Waals surface area contributed by atoms with Gasteiger partial charge in [-0.25, -0.2) is 0 Å². The van der Waals surface area contributed by atoms with Crippen molar-refractivity contribution < 1.29 is 0 Å². The van der Waals surface area contributed by atoms with Crippen LogP contribution in [0.2, 0.25) is 0 Å². The summed E-state index contributed by atoms with van der Waals surface area (Å²) in [5, 5.41) is 0. The van der Waals surface area contributed by atoms with E-state index < -0.39 is 0 Å². The third-order valence-corrected chi connectivity index (χ3v) is 0.915. The van der Waals surface area contributed by atoms with Crippen LogP contribution in [0.15, 0.2) is 35.4 Å². The molecule has 0 aromatic heterocycles. The van der Waals surface area contributed by atoms with E-state index >= 15 is 0 Å². The van der Waals surface area contributed by atoms with Crippen molar-refractivity contribution in [3.05, 3.63) is 35.4 Å². The Hall–Kier alpha value is -0.740. The molecule has 0 aliphatic carbocycles. The predicted molar refractivity (Wildman–Crippen MR) is 45.2 cm³/mol. The zero-order valence-electron chi connectivity index (χ0n) is 5.02. The Morgan fingerprint density at radius 3 is 2.33 bits per heavy atom. The van der Waals surface area contributed by atoms with E-state index in [1.54, 1.807) is 12.2 Å². The lowest BCUT2D eigenvalue weighted by Crippen LogP contribution is -1.63. The Balaban J connectivity index is 3.90. The highest BCUT2D eigenvalue weighted by atomic mass is 79.9. The molecule has 0 aliphatic rings. The molecule has 0 saturated heterocycles. The Morgan fingerprint density at radius 1 is 1.44 bits per heavy atom. The van der Waals surface area contributed by atoms with Gasteiger partial charge in [0.1, 0.15) is 0 Å². The Labute approximate surface area is 64.1 Å². The maximum Gasteiger partial charge on any atom is 0.0171 e. The van der Waals surface area contributed by atoms with Crippen LogP contribution in [0.1, 0.15) is 0 Å². The van der Waals surface area contributed by atoms with Crippen LogP contribution in [0, 0.1) is 12.3 Å². The molecule has 46 valence electrons. The van der Waals surface area contributed by atoms with Gasteiger partial charge in [-0.15, -0.1) is 6.42 Å². The summed E-state index contributed by atoms with van der Waals surface area (Å²) in [6.07, 6.45) is 8.48. The summed E-state index contributed by atoms with van der Waals surface area (Å²) in [5.74, 6) is 2.38. The van der Waals surface area contributed by atoms with Crippen molar-refractivity contribution in [2.75, 3.05) is 0 Å². The lowest BCUT2D eigenvalue weighted by molar-refractivity contribution is 1.82. The van der Waals surface area contributed by atoms with Gasteiger partial charge in [0.25, 0.3) is 0 Å². The molecule has 0 rings (SSSR count). The van der Waals surface area contributed by atoms with Crippen LogP contribution in [0.5, 0.6) is 0 Å². The average molecular weight is 183 g/mol. The van der Waals surface area contributed by atoms with Crippen LogP contribution in [0.4, 0.5) is 0 Å². The van der Waals surface area contributed by atoms with Crippen molar-refractivity contribution in [3.63, 3.8) is 0 Å². The van der Waals surface area contributed by atoms with Gasteiger partial charge in [0.05, 0.1) is 0 Å². The van der Waals surface area contributed by atoms with Gasteiger partial charge in [0.15, 0.2) is 0 Å². The highest BCUT2D eigenvalue weighted by molar-refractivity contribution is 9.11. The third-order valence-electron chi connectivity index (χ3n) is 0.651. The van der Waals surface area contributed by atoms with E-state index in [0.717, 1.165) is 4.48 Å². The second-order valence-electron chi connectivity index (χ2n) is 1.45. The van der Waals surface area contributed by atoms with Crippen LogP contribution >= 0.6 is 15.9 Å². The fourth-order valence-corrected chi connectivity index (χ4v) is 0.371. The first-order chi connectivity index (χ1) is 4.16. The highest BCUT2D eigenvalue weighted by Crippen LogP contribution is 2.03. The molecular weight excluding hydrogens is 176 g/mol. The zero-order chi connectivity index (χ0) is 7.28. The van der Waals surface area contributed by atoms with E-state index in [1.807, 2.05) is 0 Å². The molecule has 0 bridgehead atoms. The standard InChI is InChI=1S/C8H7Br/c1-4-7(2)5-6-8(3)9/h1,5-6H,2-3H2/b6-5-. The van der Waals surface area contributed by atoms with Gasteiger partial charge in [0.2, 0.25) is 0 Å². The van der Waals surface area contributed by atoms with E-state index in [-0.39, 0.29) is 0 Å². The number of rotatable bonds is 2. The lowest BCUT2D eigenvalue weighted by atomic mass is 10.3. The lowest BCUT2D eigenvalue weighted by Gasteiger charge is -1.82. The fourth-order valence-electron chi connectivity index (χ4n) is 0.239. The maximum absolute atomic E-state index is 5.01. The van der Waals surface area contributed by atoms with Gasteiger partial charge in [-0.1, -0.05) is 35.0 Å². The minimum atomic E-state index is 0.649. The van der Waals surface area contributed by atoms with Crippen molar-refractivity contribution in [2.45, 2.75) is 0 Å². The van der Waals surface area contributed by atoms with Gasteiger partial charge in [-0.2, -0.15) is 0 Å². The molecule has 0 atom stereocenters. The second-order valence-corrected chi connectivity index (χ2v) is 2.47. The molecule has 0 saturated carbocycles. The van der Waals surface area contributed by atoms with Crippen LogP contribution in [-0.2, 0) is 0 Å². The van der Waals surface area contributed by atoms with E-state index in [4.69, 9.17) is 6.42 Å². The molecule has 0 aromatic carbocycles. The van der Waals surface area contributed by atoms with Crippen molar-refractivity contribution in [2.24, 2.45) is 0 Å². The SMILES string of the molecule is C#CC(=C)/C=C\C(=C)Br. The molecule has 0 aliphatic heterocycles. The number of allylic oxidation sites excluding steroid dienone is 4. The molecule has 0 aromatic rings. The van der Waals surface area contributed by atoms with Crippen LogP contribution in [0.25, 0.3) is 0 Å². The second kappa shape index (κ2) is 4.17. The van der Waals surface area contributed by atoms with Crippen LogP contribution < -0.4 is 0 Å². The summed E-state index contributed by atoms with van der Waals surface area (Å²) in [6, 6.07) is 0. The van der Waals surface area contributed by atoms with Gasteiger partial charge in [-0.05, 0) is 12.2 Å². The van der Waals surface area contributed by atoms with Crippen molar-refractivity contribution >= 4 is 15.9 Å². The molecule has 0 N–H and O–H groups in total. The first kappa shape index (κ1) is 8.26. The monoisotopic (exact) mass is 182 g/mol. The average Bonchev–Trinajstić information content (AvgIpc) is 1.83. The van der Waals surface area contributed by atoms with Crippen LogP contribution in [0.3, 0.4) is 0 Å². The minimum absolute atomic E-state index is 0.649. The summed E-state index contributed by atoms with van der Waals surface area (Å²) >= 11 is 3.14. The van der Waals surface area contributed by atoms with E-state index in [1.165, 1.54) is 0 Å². The smallest absolute Gasteiger partial charge is 0.0171 e. The first-order valence-corrected chi connectivity index (χ1v) is 3.14. The molecule has 0 fully saturated rings. The van der Waals surface area contributed by atoms with Crippen molar-refractivity contribution in [1.29, 1.82) is 0 Å². The largest absolute Gasteiger partial charge is 0.115 e. The minimum Gasteiger partial charge on any atom is -0.115 e. The predicted octanol–water partition coefficient (Wildman–Crippen LogP) is 2.64. The maximum atomic E-state index is 5.01.